The summed E-state index contributed by atoms with van der Waals surface area (Å²) in [6.45, 7) is 2.22. The molecule has 0 aliphatic heterocycles. The summed E-state index contributed by atoms with van der Waals surface area (Å²) in [5, 5.41) is 0. The third-order valence-corrected chi connectivity index (χ3v) is 2.59. The lowest BCUT2D eigenvalue weighted by Crippen LogP contribution is -2.15. The monoisotopic (exact) mass is 140 g/mol. The molecule has 0 amide bonds. The van der Waals surface area contributed by atoms with Gasteiger partial charge in [0.2, 0.25) is 0 Å². The zero-order valence-electron chi connectivity index (χ0n) is 6.68. The smallest absolute Gasteiger partial charge is 0.123 e. The molecule has 0 aromatic heterocycles. The number of hydrogen-bond donors (Lipinski definition) is 0. The summed E-state index contributed by atoms with van der Waals surface area (Å²) in [5.74, 6) is 1.22. The minimum absolute atomic E-state index is 0.388. The number of carbonyl (C=O) groups excluding carboxylic acids is 1. The van der Waals surface area contributed by atoms with E-state index in [1.807, 2.05) is 0 Å². The molecule has 0 radical (unpaired) electrons. The summed E-state index contributed by atoms with van der Waals surface area (Å²) >= 11 is 0. The average Bonchev–Trinajstić information content (AvgIpc) is 2.05. The van der Waals surface area contributed by atoms with Crippen LogP contribution in [0.2, 0.25) is 0 Å². The van der Waals surface area contributed by atoms with Gasteiger partial charge in [0.15, 0.2) is 0 Å². The maximum atomic E-state index is 10.4. The molecule has 0 aromatic carbocycles. The Labute approximate surface area is 62.8 Å². The maximum Gasteiger partial charge on any atom is 0.123 e. The zero-order chi connectivity index (χ0) is 7.40. The summed E-state index contributed by atoms with van der Waals surface area (Å²) in [5.41, 5.74) is 0. The SMILES string of the molecule is CC[C@H]1CCC[C@@H](C=O)C1. The Morgan fingerprint density at radius 1 is 1.50 bits per heavy atom. The van der Waals surface area contributed by atoms with Crippen molar-refractivity contribution in [3.8, 4) is 0 Å². The highest BCUT2D eigenvalue weighted by atomic mass is 16.1. The number of rotatable bonds is 2. The van der Waals surface area contributed by atoms with Crippen LogP contribution in [0.25, 0.3) is 0 Å². The van der Waals surface area contributed by atoms with Crippen molar-refractivity contribution in [2.24, 2.45) is 11.8 Å². The summed E-state index contributed by atoms with van der Waals surface area (Å²) in [4.78, 5) is 10.4. The van der Waals surface area contributed by atoms with Crippen LogP contribution >= 0.6 is 0 Å². The Bertz CT molecular complexity index is 109. The first-order chi connectivity index (χ1) is 4.86. The van der Waals surface area contributed by atoms with Crippen molar-refractivity contribution in [3.05, 3.63) is 0 Å². The van der Waals surface area contributed by atoms with E-state index in [2.05, 4.69) is 6.92 Å². The molecule has 10 heavy (non-hydrogen) atoms. The van der Waals surface area contributed by atoms with Gasteiger partial charge in [0.25, 0.3) is 0 Å². The Morgan fingerprint density at radius 2 is 2.30 bits per heavy atom. The van der Waals surface area contributed by atoms with Gasteiger partial charge in [0, 0.05) is 5.92 Å². The van der Waals surface area contributed by atoms with Crippen LogP contribution in [0.1, 0.15) is 39.0 Å². The van der Waals surface area contributed by atoms with Gasteiger partial charge in [0.05, 0.1) is 0 Å². The van der Waals surface area contributed by atoms with Crippen molar-refractivity contribution in [3.63, 3.8) is 0 Å². The van der Waals surface area contributed by atoms with Gasteiger partial charge in [-0.15, -0.1) is 0 Å². The van der Waals surface area contributed by atoms with Crippen molar-refractivity contribution >= 4 is 6.29 Å². The predicted octanol–water partition coefficient (Wildman–Crippen LogP) is 2.40. The molecule has 0 heterocycles. The largest absolute Gasteiger partial charge is 0.303 e. The normalized spacial score (nSPS) is 33.7. The van der Waals surface area contributed by atoms with Gasteiger partial charge in [-0.2, -0.15) is 0 Å². The van der Waals surface area contributed by atoms with E-state index in [4.69, 9.17) is 0 Å². The number of carbonyl (C=O) groups is 1. The molecule has 1 saturated carbocycles. The lowest BCUT2D eigenvalue weighted by molar-refractivity contribution is -0.112. The molecule has 1 nitrogen and oxygen atoms in total. The molecule has 1 heteroatoms. The molecule has 1 aliphatic carbocycles. The topological polar surface area (TPSA) is 17.1 Å². The molecule has 58 valence electrons. The van der Waals surface area contributed by atoms with E-state index in [-0.39, 0.29) is 0 Å². The molecule has 1 rings (SSSR count). The maximum absolute atomic E-state index is 10.4. The van der Waals surface area contributed by atoms with E-state index in [1.54, 1.807) is 0 Å². The van der Waals surface area contributed by atoms with Crippen LogP contribution < -0.4 is 0 Å². The van der Waals surface area contributed by atoms with Crippen LogP contribution in [-0.2, 0) is 4.79 Å². The Morgan fingerprint density at radius 3 is 2.90 bits per heavy atom. The van der Waals surface area contributed by atoms with Crippen LogP contribution in [-0.4, -0.2) is 6.29 Å². The fourth-order valence-electron chi connectivity index (χ4n) is 1.83. The second-order valence-corrected chi connectivity index (χ2v) is 3.34. The summed E-state index contributed by atoms with van der Waals surface area (Å²) in [6.07, 6.45) is 7.30. The third-order valence-electron chi connectivity index (χ3n) is 2.59. The number of hydrogen-bond acceptors (Lipinski definition) is 1. The first-order valence-electron chi connectivity index (χ1n) is 4.32. The number of aldehydes is 1. The van der Waals surface area contributed by atoms with Crippen molar-refractivity contribution in [2.75, 3.05) is 0 Å². The highest BCUT2D eigenvalue weighted by Crippen LogP contribution is 2.29. The van der Waals surface area contributed by atoms with Crippen LogP contribution in [0.15, 0.2) is 0 Å². The van der Waals surface area contributed by atoms with Gasteiger partial charge in [-0.05, 0) is 18.8 Å². The predicted molar refractivity (Wildman–Crippen MR) is 41.8 cm³/mol. The molecule has 0 N–H and O–H groups in total. The quantitative estimate of drug-likeness (QED) is 0.538. The molecule has 1 aliphatic rings. The van der Waals surface area contributed by atoms with Gasteiger partial charge in [-0.1, -0.05) is 26.2 Å². The van der Waals surface area contributed by atoms with Gasteiger partial charge < -0.3 is 4.79 Å². The highest BCUT2D eigenvalue weighted by molar-refractivity contribution is 5.53. The van der Waals surface area contributed by atoms with E-state index in [0.29, 0.717) is 5.92 Å². The summed E-state index contributed by atoms with van der Waals surface area (Å²) in [7, 11) is 0. The lowest BCUT2D eigenvalue weighted by Gasteiger charge is -2.24. The van der Waals surface area contributed by atoms with E-state index >= 15 is 0 Å². The van der Waals surface area contributed by atoms with Gasteiger partial charge in [-0.25, -0.2) is 0 Å². The Balaban J connectivity index is 2.31. The molecule has 1 fully saturated rings. The van der Waals surface area contributed by atoms with E-state index in [9.17, 15) is 4.79 Å². The molecule has 2 atom stereocenters. The van der Waals surface area contributed by atoms with Crippen LogP contribution in [0.3, 0.4) is 0 Å². The fourth-order valence-corrected chi connectivity index (χ4v) is 1.83. The van der Waals surface area contributed by atoms with Gasteiger partial charge in [0.1, 0.15) is 6.29 Å². The second-order valence-electron chi connectivity index (χ2n) is 3.34. The van der Waals surface area contributed by atoms with E-state index in [1.165, 1.54) is 19.3 Å². The van der Waals surface area contributed by atoms with Crippen molar-refractivity contribution in [2.45, 2.75) is 39.0 Å². The van der Waals surface area contributed by atoms with E-state index in [0.717, 1.165) is 25.0 Å². The zero-order valence-corrected chi connectivity index (χ0v) is 6.68. The Hall–Kier alpha value is -0.330. The fraction of sp³-hybridized carbons (Fsp3) is 0.889. The van der Waals surface area contributed by atoms with Crippen molar-refractivity contribution in [1.29, 1.82) is 0 Å². The van der Waals surface area contributed by atoms with Crippen LogP contribution in [0.5, 0.6) is 0 Å². The Kier molecular flexibility index (Phi) is 2.91. The first kappa shape index (κ1) is 7.77. The molecule has 0 bridgehead atoms. The minimum atomic E-state index is 0.388. The average molecular weight is 140 g/mol. The van der Waals surface area contributed by atoms with Gasteiger partial charge >= 0.3 is 0 Å². The van der Waals surface area contributed by atoms with Crippen molar-refractivity contribution < 1.29 is 4.79 Å². The lowest BCUT2D eigenvalue weighted by atomic mass is 9.81. The van der Waals surface area contributed by atoms with Crippen LogP contribution in [0.4, 0.5) is 0 Å². The molecule has 0 aromatic rings. The molecule has 0 unspecified atom stereocenters. The second kappa shape index (κ2) is 3.75. The summed E-state index contributed by atoms with van der Waals surface area (Å²) < 4.78 is 0. The van der Waals surface area contributed by atoms with Gasteiger partial charge in [-0.3, -0.25) is 0 Å². The van der Waals surface area contributed by atoms with Crippen LogP contribution in [0, 0.1) is 11.8 Å². The minimum Gasteiger partial charge on any atom is -0.303 e. The highest BCUT2D eigenvalue weighted by Gasteiger charge is 2.19. The summed E-state index contributed by atoms with van der Waals surface area (Å²) in [6, 6.07) is 0. The molecule has 0 spiro atoms. The molecule has 0 saturated heterocycles. The molecular weight excluding hydrogens is 124 g/mol. The van der Waals surface area contributed by atoms with E-state index < -0.39 is 0 Å². The standard InChI is InChI=1S/C9H16O/c1-2-8-4-3-5-9(6-8)7-10/h7-9H,2-6H2,1H3/t8-,9+/m0/s1. The third kappa shape index (κ3) is 1.83. The molecular formula is C9H16O. The van der Waals surface area contributed by atoms with Crippen molar-refractivity contribution in [1.82, 2.24) is 0 Å². The first-order valence-corrected chi connectivity index (χ1v) is 4.32.